The van der Waals surface area contributed by atoms with Gasteiger partial charge in [-0.25, -0.2) is 8.42 Å². The Bertz CT molecular complexity index is 580. The van der Waals surface area contributed by atoms with E-state index >= 15 is 0 Å². The normalized spacial score (nSPS) is 13.1. The summed E-state index contributed by atoms with van der Waals surface area (Å²) in [5, 5.41) is 2.59. The zero-order valence-corrected chi connectivity index (χ0v) is 14.3. The summed E-state index contributed by atoms with van der Waals surface area (Å²) in [6, 6.07) is 7.58. The number of carbonyl (C=O) groups is 1. The summed E-state index contributed by atoms with van der Waals surface area (Å²) < 4.78 is 23.1. The average molecular weight is 326 g/mol. The van der Waals surface area contributed by atoms with Gasteiger partial charge in [-0.15, -0.1) is 0 Å². The highest BCUT2D eigenvalue weighted by atomic mass is 32.2. The molecule has 0 spiro atoms. The van der Waals surface area contributed by atoms with Gasteiger partial charge in [-0.2, -0.15) is 0 Å². The molecule has 1 atom stereocenters. The fraction of sp³-hybridized carbons (Fsp3) is 0.562. The van der Waals surface area contributed by atoms with E-state index in [1.165, 1.54) is 5.56 Å². The van der Waals surface area contributed by atoms with Crippen LogP contribution in [-0.4, -0.2) is 32.4 Å². The Morgan fingerprint density at radius 3 is 2.23 bits per heavy atom. The van der Waals surface area contributed by atoms with Crippen molar-refractivity contribution in [1.29, 1.82) is 0 Å². The Morgan fingerprint density at radius 2 is 1.73 bits per heavy atom. The zero-order valence-electron chi connectivity index (χ0n) is 13.5. The topological polar surface area (TPSA) is 89.3 Å². The van der Waals surface area contributed by atoms with Crippen molar-refractivity contribution in [3.05, 3.63) is 35.4 Å². The Labute approximate surface area is 133 Å². The minimum Gasteiger partial charge on any atom is -0.353 e. The van der Waals surface area contributed by atoms with Crippen LogP contribution in [0.25, 0.3) is 0 Å². The van der Waals surface area contributed by atoms with Gasteiger partial charge in [0.15, 0.2) is 9.84 Å². The molecule has 0 aliphatic heterocycles. The molecule has 1 rings (SSSR count). The summed E-state index contributed by atoms with van der Waals surface area (Å²) in [4.78, 5) is 11.7. The number of amides is 1. The molecule has 0 heterocycles. The van der Waals surface area contributed by atoms with Crippen molar-refractivity contribution >= 4 is 15.7 Å². The summed E-state index contributed by atoms with van der Waals surface area (Å²) >= 11 is 0. The minimum absolute atomic E-state index is 0.0309. The third kappa shape index (κ3) is 6.15. The van der Waals surface area contributed by atoms with Crippen molar-refractivity contribution in [1.82, 2.24) is 5.32 Å². The molecular formula is C16H26N2O3S. The number of nitrogens with one attached hydrogen (secondary N) is 1. The molecular weight excluding hydrogens is 300 g/mol. The van der Waals surface area contributed by atoms with Gasteiger partial charge in [0.05, 0.1) is 5.75 Å². The number of hydrogen-bond donors (Lipinski definition) is 2. The largest absolute Gasteiger partial charge is 0.353 e. The first-order valence-electron chi connectivity index (χ1n) is 7.57. The lowest BCUT2D eigenvalue weighted by atomic mass is 9.99. The molecule has 0 saturated heterocycles. The first-order chi connectivity index (χ1) is 10.2. The van der Waals surface area contributed by atoms with Crippen molar-refractivity contribution in [2.45, 2.75) is 39.2 Å². The monoisotopic (exact) mass is 326 g/mol. The SMILES string of the molecule is CCCS(=O)(=O)CC(=O)NCC(N)c1ccc(C(C)C)cc1. The molecule has 22 heavy (non-hydrogen) atoms. The predicted molar refractivity (Wildman–Crippen MR) is 89.4 cm³/mol. The fourth-order valence-electron chi connectivity index (χ4n) is 2.10. The zero-order chi connectivity index (χ0) is 16.8. The summed E-state index contributed by atoms with van der Waals surface area (Å²) in [5.74, 6) is -0.486. The van der Waals surface area contributed by atoms with Crippen LogP contribution in [0.2, 0.25) is 0 Å². The van der Waals surface area contributed by atoms with E-state index in [1.807, 2.05) is 24.3 Å². The van der Waals surface area contributed by atoms with E-state index in [4.69, 9.17) is 5.73 Å². The van der Waals surface area contributed by atoms with E-state index in [0.717, 1.165) is 5.56 Å². The molecule has 0 saturated carbocycles. The van der Waals surface area contributed by atoms with Crippen LogP contribution in [0.4, 0.5) is 0 Å². The number of hydrogen-bond acceptors (Lipinski definition) is 4. The van der Waals surface area contributed by atoms with Crippen LogP contribution < -0.4 is 11.1 Å². The molecule has 0 aromatic heterocycles. The summed E-state index contributed by atoms with van der Waals surface area (Å²) in [6.07, 6.45) is 0.511. The highest BCUT2D eigenvalue weighted by molar-refractivity contribution is 7.92. The Hall–Kier alpha value is -1.40. The van der Waals surface area contributed by atoms with E-state index in [9.17, 15) is 13.2 Å². The van der Waals surface area contributed by atoms with E-state index < -0.39 is 21.5 Å². The van der Waals surface area contributed by atoms with Gasteiger partial charge in [-0.1, -0.05) is 45.0 Å². The number of benzene rings is 1. The molecule has 3 N–H and O–H groups in total. The molecule has 124 valence electrons. The molecule has 1 aromatic carbocycles. The van der Waals surface area contributed by atoms with Gasteiger partial charge < -0.3 is 11.1 Å². The molecule has 0 bridgehead atoms. The first kappa shape index (κ1) is 18.6. The van der Waals surface area contributed by atoms with Crippen LogP contribution in [0.3, 0.4) is 0 Å². The predicted octanol–water partition coefficient (Wildman–Crippen LogP) is 1.75. The average Bonchev–Trinajstić information content (AvgIpc) is 2.44. The van der Waals surface area contributed by atoms with Crippen LogP contribution >= 0.6 is 0 Å². The molecule has 6 heteroatoms. The summed E-state index contributed by atoms with van der Waals surface area (Å²) in [6.45, 7) is 6.23. The van der Waals surface area contributed by atoms with Crippen LogP contribution in [0.5, 0.6) is 0 Å². The lowest BCUT2D eigenvalue weighted by Gasteiger charge is -2.14. The minimum atomic E-state index is -3.31. The molecule has 1 aromatic rings. The second-order valence-corrected chi connectivity index (χ2v) is 8.01. The number of nitrogens with two attached hydrogens (primary N) is 1. The smallest absolute Gasteiger partial charge is 0.235 e. The third-order valence-corrected chi connectivity index (χ3v) is 5.15. The van der Waals surface area contributed by atoms with Crippen LogP contribution in [0.1, 0.15) is 50.3 Å². The molecule has 5 nitrogen and oxygen atoms in total. The second-order valence-electron chi connectivity index (χ2n) is 5.82. The lowest BCUT2D eigenvalue weighted by molar-refractivity contribution is -0.118. The van der Waals surface area contributed by atoms with Gasteiger partial charge in [0.1, 0.15) is 5.75 Å². The van der Waals surface area contributed by atoms with Gasteiger partial charge in [0, 0.05) is 12.6 Å². The number of rotatable bonds is 8. The van der Waals surface area contributed by atoms with E-state index in [2.05, 4.69) is 19.2 Å². The van der Waals surface area contributed by atoms with Gasteiger partial charge in [-0.3, -0.25) is 4.79 Å². The highest BCUT2D eigenvalue weighted by Crippen LogP contribution is 2.17. The number of carbonyl (C=O) groups excluding carboxylic acids is 1. The van der Waals surface area contributed by atoms with Crippen LogP contribution in [-0.2, 0) is 14.6 Å². The Kier molecular flexibility index (Phi) is 7.03. The Balaban J connectivity index is 2.52. The second kappa shape index (κ2) is 8.29. The molecule has 0 radical (unpaired) electrons. The van der Waals surface area contributed by atoms with Gasteiger partial charge in [-0.05, 0) is 23.5 Å². The van der Waals surface area contributed by atoms with Gasteiger partial charge >= 0.3 is 0 Å². The fourth-order valence-corrected chi connectivity index (χ4v) is 3.37. The van der Waals surface area contributed by atoms with Crippen molar-refractivity contribution < 1.29 is 13.2 Å². The first-order valence-corrected chi connectivity index (χ1v) is 9.40. The molecule has 1 unspecified atom stereocenters. The maximum atomic E-state index is 11.7. The summed E-state index contributed by atoms with van der Waals surface area (Å²) in [5.41, 5.74) is 8.17. The van der Waals surface area contributed by atoms with Crippen molar-refractivity contribution in [2.24, 2.45) is 5.73 Å². The summed E-state index contributed by atoms with van der Waals surface area (Å²) in [7, 11) is -3.31. The maximum absolute atomic E-state index is 11.7. The van der Waals surface area contributed by atoms with E-state index in [0.29, 0.717) is 12.3 Å². The molecule has 1 amide bonds. The van der Waals surface area contributed by atoms with E-state index in [-0.39, 0.29) is 18.3 Å². The quantitative estimate of drug-likeness (QED) is 0.761. The lowest BCUT2D eigenvalue weighted by Crippen LogP contribution is -2.36. The van der Waals surface area contributed by atoms with Crippen molar-refractivity contribution in [3.63, 3.8) is 0 Å². The van der Waals surface area contributed by atoms with Crippen molar-refractivity contribution in [2.75, 3.05) is 18.1 Å². The Morgan fingerprint density at radius 1 is 1.18 bits per heavy atom. The molecule has 0 fully saturated rings. The van der Waals surface area contributed by atoms with Crippen LogP contribution in [0.15, 0.2) is 24.3 Å². The van der Waals surface area contributed by atoms with Crippen molar-refractivity contribution in [3.8, 4) is 0 Å². The molecule has 0 aliphatic rings. The standard InChI is InChI=1S/C16H26N2O3S/c1-4-9-22(20,21)11-16(19)18-10-15(17)14-7-5-13(6-8-14)12(2)3/h5-8,12,15H,4,9-11,17H2,1-3H3,(H,18,19). The van der Waals surface area contributed by atoms with Gasteiger partial charge in [0.25, 0.3) is 0 Å². The van der Waals surface area contributed by atoms with Crippen LogP contribution in [0, 0.1) is 0 Å². The maximum Gasteiger partial charge on any atom is 0.235 e. The van der Waals surface area contributed by atoms with E-state index in [1.54, 1.807) is 6.92 Å². The van der Waals surface area contributed by atoms with Gasteiger partial charge in [0.2, 0.25) is 5.91 Å². The highest BCUT2D eigenvalue weighted by Gasteiger charge is 2.16. The number of sulfone groups is 1. The third-order valence-electron chi connectivity index (χ3n) is 3.42. The molecule has 0 aliphatic carbocycles.